The number of carbonyl (C=O) groups excluding carboxylic acids is 2. The average Bonchev–Trinajstić information content (AvgIpc) is 2.50. The molecule has 0 heterocycles. The van der Waals surface area contributed by atoms with E-state index < -0.39 is 18.4 Å². The van der Waals surface area contributed by atoms with Crippen molar-refractivity contribution in [1.82, 2.24) is 0 Å². The Morgan fingerprint density at radius 3 is 2.57 bits per heavy atom. The van der Waals surface area contributed by atoms with Crippen LogP contribution in [0.1, 0.15) is 18.9 Å². The molecule has 0 aromatic heterocycles. The smallest absolute Gasteiger partial charge is 0.322 e. The van der Waals surface area contributed by atoms with Gasteiger partial charge in [0.05, 0.1) is 11.6 Å². The number of benzene rings is 2. The maximum absolute atomic E-state index is 11.7. The summed E-state index contributed by atoms with van der Waals surface area (Å²) in [6, 6.07) is 12.7. The summed E-state index contributed by atoms with van der Waals surface area (Å²) in [6.45, 7) is 3.83. The number of hydrogen-bond acceptors (Lipinski definition) is 4. The molecule has 2 rings (SSSR count). The molecule has 0 fully saturated rings. The summed E-state index contributed by atoms with van der Waals surface area (Å²) in [4.78, 5) is 23.0. The maximum Gasteiger partial charge on any atom is 0.322 e. The van der Waals surface area contributed by atoms with Crippen molar-refractivity contribution >= 4 is 23.5 Å². The second kappa shape index (κ2) is 7.79. The molecule has 4 nitrogen and oxygen atoms in total. The zero-order valence-electron chi connectivity index (χ0n) is 13.0. The van der Waals surface area contributed by atoms with Crippen LogP contribution in [0.3, 0.4) is 0 Å². The Bertz CT molecular complexity index is 725. The van der Waals surface area contributed by atoms with Gasteiger partial charge in [-0.2, -0.15) is 0 Å². The summed E-state index contributed by atoms with van der Waals surface area (Å²) in [5, 5.41) is 0.655. The van der Waals surface area contributed by atoms with Gasteiger partial charge in [0.1, 0.15) is 12.2 Å². The van der Waals surface area contributed by atoms with Crippen molar-refractivity contribution in [2.24, 2.45) is 0 Å². The van der Waals surface area contributed by atoms with Crippen LogP contribution in [0.4, 0.5) is 0 Å². The minimum atomic E-state index is -0.657. The predicted molar refractivity (Wildman–Crippen MR) is 88.5 cm³/mol. The van der Waals surface area contributed by atoms with E-state index in [1.165, 1.54) is 0 Å². The van der Waals surface area contributed by atoms with E-state index in [0.29, 0.717) is 10.8 Å². The van der Waals surface area contributed by atoms with Crippen LogP contribution in [0.25, 0.3) is 11.1 Å². The van der Waals surface area contributed by atoms with E-state index in [0.717, 1.165) is 16.7 Å². The second-order valence-corrected chi connectivity index (χ2v) is 5.30. The quantitative estimate of drug-likeness (QED) is 0.468. The molecule has 0 unspecified atom stereocenters. The largest absolute Gasteiger partial charge is 0.466 e. The van der Waals surface area contributed by atoms with Crippen molar-refractivity contribution in [3.8, 4) is 16.9 Å². The molecule has 120 valence electrons. The van der Waals surface area contributed by atoms with Crippen LogP contribution in [0.15, 0.2) is 42.5 Å². The van der Waals surface area contributed by atoms with Crippen LogP contribution in [0.2, 0.25) is 5.02 Å². The van der Waals surface area contributed by atoms with Gasteiger partial charge in [0.2, 0.25) is 0 Å². The molecule has 0 amide bonds. The summed E-state index contributed by atoms with van der Waals surface area (Å²) < 4.78 is 9.90. The molecular formula is C18H17ClO4. The Labute approximate surface area is 140 Å². The molecule has 0 saturated heterocycles. The number of esters is 2. The molecular weight excluding hydrogens is 316 g/mol. The fraction of sp³-hybridized carbons (Fsp3) is 0.222. The van der Waals surface area contributed by atoms with Gasteiger partial charge in [-0.25, -0.2) is 0 Å². The number of hydrogen-bond donors (Lipinski definition) is 0. The summed E-state index contributed by atoms with van der Waals surface area (Å²) >= 11 is 6.32. The number of aryl methyl sites for hydroxylation is 1. The fourth-order valence-corrected chi connectivity index (χ4v) is 2.33. The average molecular weight is 333 g/mol. The first-order valence-corrected chi connectivity index (χ1v) is 7.61. The van der Waals surface area contributed by atoms with Crippen LogP contribution in [0.5, 0.6) is 5.75 Å². The van der Waals surface area contributed by atoms with Crippen molar-refractivity contribution in [2.45, 2.75) is 20.3 Å². The molecule has 0 aliphatic carbocycles. The molecule has 23 heavy (non-hydrogen) atoms. The zero-order chi connectivity index (χ0) is 16.8. The minimum absolute atomic E-state index is 0.230. The highest BCUT2D eigenvalue weighted by Gasteiger charge is 2.13. The first-order chi connectivity index (χ1) is 11.0. The van der Waals surface area contributed by atoms with E-state index in [1.54, 1.807) is 25.1 Å². The van der Waals surface area contributed by atoms with Crippen LogP contribution in [0, 0.1) is 6.92 Å². The standard InChI is InChI=1S/C18H17ClO4/c1-3-22-16(20)11-17(21)23-14-8-5-7-13(10-14)15-9-4-6-12(2)18(15)19/h4-10H,3,11H2,1-2H3. The van der Waals surface area contributed by atoms with Gasteiger partial charge >= 0.3 is 11.9 Å². The number of halogens is 1. The zero-order valence-corrected chi connectivity index (χ0v) is 13.7. The summed E-state index contributed by atoms with van der Waals surface area (Å²) in [5.74, 6) is -0.902. The molecule has 5 heteroatoms. The van der Waals surface area contributed by atoms with Gasteiger partial charge in [0, 0.05) is 5.56 Å². The van der Waals surface area contributed by atoms with Crippen LogP contribution in [-0.4, -0.2) is 18.5 Å². The molecule has 0 bridgehead atoms. The first-order valence-electron chi connectivity index (χ1n) is 7.23. The molecule has 0 aliphatic rings. The van der Waals surface area contributed by atoms with E-state index in [2.05, 4.69) is 0 Å². The van der Waals surface area contributed by atoms with Gasteiger partial charge in [0.15, 0.2) is 0 Å². The third kappa shape index (κ3) is 4.57. The summed E-state index contributed by atoms with van der Waals surface area (Å²) in [6.07, 6.45) is -0.413. The Hall–Kier alpha value is -2.33. The number of carbonyl (C=O) groups is 2. The third-order valence-electron chi connectivity index (χ3n) is 3.16. The van der Waals surface area contributed by atoms with Crippen molar-refractivity contribution < 1.29 is 19.1 Å². The number of rotatable bonds is 5. The second-order valence-electron chi connectivity index (χ2n) is 4.92. The Kier molecular flexibility index (Phi) is 5.77. The summed E-state index contributed by atoms with van der Waals surface area (Å²) in [5.41, 5.74) is 2.66. The van der Waals surface area contributed by atoms with Crippen LogP contribution in [-0.2, 0) is 14.3 Å². The first kappa shape index (κ1) is 17.0. The van der Waals surface area contributed by atoms with Crippen molar-refractivity contribution in [3.63, 3.8) is 0 Å². The van der Waals surface area contributed by atoms with Gasteiger partial charge in [-0.15, -0.1) is 0 Å². The Morgan fingerprint density at radius 2 is 1.83 bits per heavy atom. The molecule has 0 aliphatic heterocycles. The molecule has 2 aromatic rings. The summed E-state index contributed by atoms with van der Waals surface area (Å²) in [7, 11) is 0. The minimum Gasteiger partial charge on any atom is -0.466 e. The van der Waals surface area contributed by atoms with Gasteiger partial charge < -0.3 is 9.47 Å². The lowest BCUT2D eigenvalue weighted by atomic mass is 10.0. The van der Waals surface area contributed by atoms with Crippen molar-refractivity contribution in [2.75, 3.05) is 6.61 Å². The Morgan fingerprint density at radius 1 is 1.09 bits per heavy atom. The van der Waals surface area contributed by atoms with Crippen LogP contribution < -0.4 is 4.74 Å². The normalized spacial score (nSPS) is 10.2. The highest BCUT2D eigenvalue weighted by molar-refractivity contribution is 6.34. The fourth-order valence-electron chi connectivity index (χ4n) is 2.09. The third-order valence-corrected chi connectivity index (χ3v) is 3.66. The van der Waals surface area contributed by atoms with Gasteiger partial charge in [0.25, 0.3) is 0 Å². The molecule has 2 aromatic carbocycles. The van der Waals surface area contributed by atoms with E-state index >= 15 is 0 Å². The predicted octanol–water partition coefficient (Wildman–Crippen LogP) is 4.17. The van der Waals surface area contributed by atoms with E-state index in [9.17, 15) is 9.59 Å². The lowest BCUT2D eigenvalue weighted by Crippen LogP contribution is -2.16. The molecule has 0 N–H and O–H groups in total. The Balaban J connectivity index is 2.16. The van der Waals surface area contributed by atoms with E-state index in [4.69, 9.17) is 21.1 Å². The van der Waals surface area contributed by atoms with E-state index in [1.807, 2.05) is 31.2 Å². The van der Waals surface area contributed by atoms with Crippen LogP contribution >= 0.6 is 11.6 Å². The lowest BCUT2D eigenvalue weighted by molar-refractivity contribution is -0.149. The monoisotopic (exact) mass is 332 g/mol. The van der Waals surface area contributed by atoms with Gasteiger partial charge in [-0.05, 0) is 37.1 Å². The number of ether oxygens (including phenoxy) is 2. The lowest BCUT2D eigenvalue weighted by Gasteiger charge is -2.09. The molecule has 0 spiro atoms. The molecule has 0 atom stereocenters. The highest BCUT2D eigenvalue weighted by Crippen LogP contribution is 2.32. The molecule has 0 radical (unpaired) electrons. The van der Waals surface area contributed by atoms with Gasteiger partial charge in [-0.3, -0.25) is 9.59 Å². The topological polar surface area (TPSA) is 52.6 Å². The SMILES string of the molecule is CCOC(=O)CC(=O)Oc1cccc(-c2cccc(C)c2Cl)c1. The molecule has 0 saturated carbocycles. The van der Waals surface area contributed by atoms with Crippen molar-refractivity contribution in [3.05, 3.63) is 53.1 Å². The van der Waals surface area contributed by atoms with Gasteiger partial charge in [-0.1, -0.05) is 41.9 Å². The van der Waals surface area contributed by atoms with Crippen molar-refractivity contribution in [1.29, 1.82) is 0 Å². The maximum atomic E-state index is 11.7. The van der Waals surface area contributed by atoms with E-state index in [-0.39, 0.29) is 6.61 Å². The highest BCUT2D eigenvalue weighted by atomic mass is 35.5.